The fourth-order valence-electron chi connectivity index (χ4n) is 3.42. The Balaban J connectivity index is 1.58. The average molecular weight is 407 g/mol. The number of carbonyl (C=O) groups is 1. The second-order valence-electron chi connectivity index (χ2n) is 7.11. The zero-order valence-electron chi connectivity index (χ0n) is 16.7. The van der Waals surface area contributed by atoms with Crippen LogP contribution in [0.3, 0.4) is 0 Å². The van der Waals surface area contributed by atoms with Crippen LogP contribution < -0.4 is 4.74 Å². The highest BCUT2D eigenvalue weighted by Gasteiger charge is 2.33. The lowest BCUT2D eigenvalue weighted by Crippen LogP contribution is -2.51. The van der Waals surface area contributed by atoms with E-state index in [1.165, 1.54) is 4.31 Å². The van der Waals surface area contributed by atoms with Crippen LogP contribution in [0.15, 0.2) is 23.1 Å². The Morgan fingerprint density at radius 2 is 1.82 bits per heavy atom. The minimum atomic E-state index is -3.62. The Morgan fingerprint density at radius 1 is 1.14 bits per heavy atom. The highest BCUT2D eigenvalue weighted by Crippen LogP contribution is 2.23. The minimum Gasteiger partial charge on any atom is -0.484 e. The summed E-state index contributed by atoms with van der Waals surface area (Å²) in [5.41, 5.74) is 3.10. The van der Waals surface area contributed by atoms with Crippen molar-refractivity contribution in [3.63, 3.8) is 0 Å². The number of sulfonamides is 1. The van der Waals surface area contributed by atoms with Gasteiger partial charge in [-0.05, 0) is 39.3 Å². The van der Waals surface area contributed by atoms with Crippen LogP contribution in [0.5, 0.6) is 5.75 Å². The van der Waals surface area contributed by atoms with Gasteiger partial charge in [-0.3, -0.25) is 9.89 Å². The van der Waals surface area contributed by atoms with Crippen molar-refractivity contribution in [1.82, 2.24) is 19.4 Å². The molecule has 152 valence electrons. The first-order chi connectivity index (χ1) is 13.2. The Bertz CT molecular complexity index is 956. The van der Waals surface area contributed by atoms with Crippen molar-refractivity contribution in [2.24, 2.45) is 0 Å². The Labute approximate surface area is 165 Å². The standard InChI is InChI=1S/C19H26N4O4S/c1-13-5-6-17(14(2)11-13)27-12-18(24)22-7-9-23(10-8-22)28(25,26)19-15(3)20-21-16(19)4/h5-6,11H,7-10,12H2,1-4H3,(H,20,21). The number of amides is 1. The first kappa shape index (κ1) is 20.3. The number of aromatic amines is 1. The van der Waals surface area contributed by atoms with Crippen molar-refractivity contribution in [1.29, 1.82) is 0 Å². The van der Waals surface area contributed by atoms with Crippen LogP contribution in [0.4, 0.5) is 0 Å². The van der Waals surface area contributed by atoms with Crippen LogP contribution in [0.2, 0.25) is 0 Å². The second kappa shape index (κ2) is 7.92. The summed E-state index contributed by atoms with van der Waals surface area (Å²) in [5, 5.41) is 6.69. The summed E-state index contributed by atoms with van der Waals surface area (Å²) in [4.78, 5) is 14.3. The van der Waals surface area contributed by atoms with E-state index in [-0.39, 0.29) is 30.5 Å². The molecule has 1 N–H and O–H groups in total. The van der Waals surface area contributed by atoms with E-state index >= 15 is 0 Å². The largest absolute Gasteiger partial charge is 0.484 e. The first-order valence-corrected chi connectivity index (χ1v) is 10.6. The van der Waals surface area contributed by atoms with E-state index in [0.717, 1.165) is 11.1 Å². The quantitative estimate of drug-likeness (QED) is 0.813. The van der Waals surface area contributed by atoms with Crippen molar-refractivity contribution in [3.8, 4) is 5.75 Å². The maximum absolute atomic E-state index is 12.9. The monoisotopic (exact) mass is 406 g/mol. The van der Waals surface area contributed by atoms with Crippen LogP contribution in [0, 0.1) is 27.7 Å². The molecule has 0 atom stereocenters. The van der Waals surface area contributed by atoms with Gasteiger partial charge < -0.3 is 9.64 Å². The molecule has 0 aliphatic carbocycles. The molecule has 0 spiro atoms. The number of aromatic nitrogens is 2. The molecule has 0 radical (unpaired) electrons. The predicted molar refractivity (Wildman–Crippen MR) is 105 cm³/mol. The van der Waals surface area contributed by atoms with Crippen LogP contribution in [-0.2, 0) is 14.8 Å². The first-order valence-electron chi connectivity index (χ1n) is 9.19. The molecule has 9 heteroatoms. The highest BCUT2D eigenvalue weighted by molar-refractivity contribution is 7.89. The third-order valence-corrected chi connectivity index (χ3v) is 7.09. The third-order valence-electron chi connectivity index (χ3n) is 4.93. The minimum absolute atomic E-state index is 0.0589. The molecule has 3 rings (SSSR count). The fourth-order valence-corrected chi connectivity index (χ4v) is 5.17. The van der Waals surface area contributed by atoms with Crippen LogP contribution in [0.25, 0.3) is 0 Å². The van der Waals surface area contributed by atoms with Gasteiger partial charge in [0.15, 0.2) is 6.61 Å². The number of rotatable bonds is 5. The maximum Gasteiger partial charge on any atom is 0.260 e. The van der Waals surface area contributed by atoms with Crippen molar-refractivity contribution in [3.05, 3.63) is 40.7 Å². The lowest BCUT2D eigenvalue weighted by molar-refractivity contribution is -0.134. The molecule has 1 saturated heterocycles. The van der Waals surface area contributed by atoms with Gasteiger partial charge in [-0.25, -0.2) is 8.42 Å². The summed E-state index contributed by atoms with van der Waals surface area (Å²) >= 11 is 0. The summed E-state index contributed by atoms with van der Waals surface area (Å²) in [7, 11) is -3.62. The normalized spacial score (nSPS) is 15.6. The van der Waals surface area contributed by atoms with E-state index in [1.54, 1.807) is 18.7 Å². The number of H-pyrrole nitrogens is 1. The number of carbonyl (C=O) groups excluding carboxylic acids is 1. The number of piperazine rings is 1. The molecule has 28 heavy (non-hydrogen) atoms. The molecule has 0 bridgehead atoms. The summed E-state index contributed by atoms with van der Waals surface area (Å²) in [6.45, 7) is 8.42. The molecule has 8 nitrogen and oxygen atoms in total. The molecule has 1 aromatic carbocycles. The molecular weight excluding hydrogens is 380 g/mol. The molecule has 1 aliphatic rings. The van der Waals surface area contributed by atoms with Gasteiger partial charge in [0.25, 0.3) is 5.91 Å². The molecule has 1 aliphatic heterocycles. The Kier molecular flexibility index (Phi) is 5.76. The van der Waals surface area contributed by atoms with Crippen molar-refractivity contribution in [2.45, 2.75) is 32.6 Å². The van der Waals surface area contributed by atoms with Gasteiger partial charge in [0, 0.05) is 26.2 Å². The van der Waals surface area contributed by atoms with E-state index < -0.39 is 10.0 Å². The molecule has 1 fully saturated rings. The summed E-state index contributed by atoms with van der Waals surface area (Å²) in [6.07, 6.45) is 0. The smallest absolute Gasteiger partial charge is 0.260 e. The number of nitrogens with one attached hydrogen (secondary N) is 1. The van der Waals surface area contributed by atoms with Gasteiger partial charge in [0.2, 0.25) is 10.0 Å². The lowest BCUT2D eigenvalue weighted by Gasteiger charge is -2.34. The number of hydrogen-bond acceptors (Lipinski definition) is 5. The number of ether oxygens (including phenoxy) is 1. The van der Waals surface area contributed by atoms with E-state index in [0.29, 0.717) is 30.2 Å². The molecule has 1 aromatic heterocycles. The van der Waals surface area contributed by atoms with Gasteiger partial charge in [-0.15, -0.1) is 0 Å². The molecule has 2 aromatic rings. The van der Waals surface area contributed by atoms with Gasteiger partial charge >= 0.3 is 0 Å². The predicted octanol–water partition coefficient (Wildman–Crippen LogP) is 1.56. The fraction of sp³-hybridized carbons (Fsp3) is 0.474. The van der Waals surface area contributed by atoms with Gasteiger partial charge in [-0.2, -0.15) is 9.40 Å². The van der Waals surface area contributed by atoms with E-state index in [2.05, 4.69) is 10.2 Å². The molecular formula is C19H26N4O4S. The highest BCUT2D eigenvalue weighted by atomic mass is 32.2. The molecule has 1 amide bonds. The SMILES string of the molecule is Cc1ccc(OCC(=O)N2CCN(S(=O)(=O)c3c(C)n[nH]c3C)CC2)c(C)c1. The Morgan fingerprint density at radius 3 is 2.39 bits per heavy atom. The second-order valence-corrected chi connectivity index (χ2v) is 8.98. The summed E-state index contributed by atoms with van der Waals surface area (Å²) < 4.78 is 32.8. The average Bonchev–Trinajstić information content (AvgIpc) is 3.00. The van der Waals surface area contributed by atoms with Crippen LogP contribution in [-0.4, -0.2) is 66.5 Å². The summed E-state index contributed by atoms with van der Waals surface area (Å²) in [5.74, 6) is 0.541. The van der Waals surface area contributed by atoms with E-state index in [9.17, 15) is 13.2 Å². The van der Waals surface area contributed by atoms with E-state index in [4.69, 9.17) is 4.74 Å². The van der Waals surface area contributed by atoms with Crippen molar-refractivity contribution >= 4 is 15.9 Å². The number of benzene rings is 1. The summed E-state index contributed by atoms with van der Waals surface area (Å²) in [6, 6.07) is 5.80. The zero-order valence-corrected chi connectivity index (χ0v) is 17.5. The topological polar surface area (TPSA) is 95.6 Å². The number of nitrogens with zero attached hydrogens (tertiary/aromatic N) is 3. The van der Waals surface area contributed by atoms with Gasteiger partial charge in [0.1, 0.15) is 10.6 Å². The zero-order chi connectivity index (χ0) is 20.5. The number of hydrogen-bond donors (Lipinski definition) is 1. The number of aryl methyl sites for hydroxylation is 4. The van der Waals surface area contributed by atoms with Gasteiger partial charge in [-0.1, -0.05) is 17.7 Å². The third kappa shape index (κ3) is 4.05. The lowest BCUT2D eigenvalue weighted by atomic mass is 10.1. The van der Waals surface area contributed by atoms with Crippen molar-refractivity contribution < 1.29 is 17.9 Å². The molecule has 0 saturated carbocycles. The van der Waals surface area contributed by atoms with Crippen LogP contribution in [0.1, 0.15) is 22.5 Å². The van der Waals surface area contributed by atoms with E-state index in [1.807, 2.05) is 32.0 Å². The van der Waals surface area contributed by atoms with Gasteiger partial charge in [0.05, 0.1) is 11.4 Å². The van der Waals surface area contributed by atoms with Crippen molar-refractivity contribution in [2.75, 3.05) is 32.8 Å². The molecule has 2 heterocycles. The molecule has 0 unspecified atom stereocenters. The van der Waals surface area contributed by atoms with Crippen LogP contribution >= 0.6 is 0 Å². The Hall–Kier alpha value is -2.39. The maximum atomic E-state index is 12.9.